The Labute approximate surface area is 111 Å². The average molecular weight is 287 g/mol. The van der Waals surface area contributed by atoms with E-state index in [1.165, 1.54) is 0 Å². The Hall–Kier alpha value is -0.350. The first-order chi connectivity index (χ1) is 10.5. The molecule has 0 bridgehead atoms. The third-order valence-corrected chi connectivity index (χ3v) is 2.45. The molecular formula is C9H11BrClN3. The Morgan fingerprint density at radius 2 is 2.14 bits per heavy atom. The van der Waals surface area contributed by atoms with Crippen molar-refractivity contribution in [3.63, 3.8) is 0 Å². The van der Waals surface area contributed by atoms with E-state index in [0.717, 1.165) is 6.20 Å². The van der Waals surface area contributed by atoms with Gasteiger partial charge in [0.1, 0.15) is 5.15 Å². The zero-order valence-corrected chi connectivity index (χ0v) is 9.02. The Balaban J connectivity index is 2.80. The van der Waals surface area contributed by atoms with Crippen molar-refractivity contribution >= 4 is 33.5 Å². The summed E-state index contributed by atoms with van der Waals surface area (Å²) in [5.74, 6) is -0.707. The van der Waals surface area contributed by atoms with Gasteiger partial charge in [-0.05, 0) is 35.0 Å². The highest BCUT2D eigenvalue weighted by Gasteiger charge is 2.14. The summed E-state index contributed by atoms with van der Waals surface area (Å²) >= 11 is 8.79. The molecular weight excluding hydrogens is 265 g/mol. The first-order valence-corrected chi connectivity index (χ1v) is 4.69. The topological polar surface area (TPSA) is 29.0 Å². The molecule has 0 atom stereocenters. The van der Waals surface area contributed by atoms with Gasteiger partial charge in [0.25, 0.3) is 0 Å². The van der Waals surface area contributed by atoms with E-state index in [9.17, 15) is 0 Å². The van der Waals surface area contributed by atoms with E-state index in [2.05, 4.69) is 25.9 Å². The summed E-state index contributed by atoms with van der Waals surface area (Å²) in [6.07, 6.45) is -9.27. The van der Waals surface area contributed by atoms with Crippen LogP contribution in [0.4, 0.5) is 5.95 Å². The molecule has 14 heavy (non-hydrogen) atoms. The molecule has 0 amide bonds. The van der Waals surface area contributed by atoms with Crippen molar-refractivity contribution in [2.45, 2.75) is 19.1 Å². The van der Waals surface area contributed by atoms with E-state index < -0.39 is 38.1 Å². The number of aromatic nitrogens is 2. The smallest absolute Gasteiger partial charge is 0.226 e. The number of piperidine rings is 1. The highest BCUT2D eigenvalue weighted by molar-refractivity contribution is 9.10. The predicted molar refractivity (Wildman–Crippen MR) is 60.8 cm³/mol. The molecule has 3 nitrogen and oxygen atoms in total. The minimum absolute atomic E-state index is 0.0552. The van der Waals surface area contributed by atoms with Crippen molar-refractivity contribution in [1.29, 1.82) is 0 Å². The van der Waals surface area contributed by atoms with Crippen molar-refractivity contribution in [3.8, 4) is 0 Å². The largest absolute Gasteiger partial charge is 0.341 e. The lowest BCUT2D eigenvalue weighted by molar-refractivity contribution is 0.568. The van der Waals surface area contributed by atoms with Crippen LogP contribution in [0.15, 0.2) is 10.7 Å². The predicted octanol–water partition coefficient (Wildman–Crippen LogP) is 2.88. The van der Waals surface area contributed by atoms with E-state index in [-0.39, 0.29) is 14.5 Å². The van der Waals surface area contributed by atoms with E-state index in [4.69, 9.17) is 25.3 Å². The molecule has 1 saturated heterocycles. The first-order valence-electron chi connectivity index (χ1n) is 8.52. The molecule has 76 valence electrons. The van der Waals surface area contributed by atoms with Crippen molar-refractivity contribution in [2.24, 2.45) is 0 Å². The maximum atomic E-state index is 7.97. The Bertz CT molecular complexity index is 652. The van der Waals surface area contributed by atoms with E-state index in [1.807, 2.05) is 0 Å². The zero-order valence-electron chi connectivity index (χ0n) is 16.7. The van der Waals surface area contributed by atoms with Gasteiger partial charge in [-0.2, -0.15) is 4.98 Å². The molecule has 0 saturated carbocycles. The number of halogens is 2. The lowest BCUT2D eigenvalue weighted by Gasteiger charge is -2.26. The molecule has 0 radical (unpaired) electrons. The van der Waals surface area contributed by atoms with Gasteiger partial charge in [-0.1, -0.05) is 11.6 Å². The SMILES string of the molecule is [2H]C1([2H])N(c2ncc(Br)c(Cl)n2)C([2H])([2H])C([2H])([2H])C([2H])([2H])C1([2H])[2H]. The quantitative estimate of drug-likeness (QED) is 0.743. The second-order valence-electron chi connectivity index (χ2n) is 2.24. The Morgan fingerprint density at radius 1 is 1.43 bits per heavy atom. The van der Waals surface area contributed by atoms with Crippen LogP contribution in [0.3, 0.4) is 0 Å². The van der Waals surface area contributed by atoms with Crippen LogP contribution in [0.1, 0.15) is 32.8 Å². The summed E-state index contributed by atoms with van der Waals surface area (Å²) in [5, 5.41) is -0.221. The number of rotatable bonds is 1. The fraction of sp³-hybridized carbons (Fsp3) is 0.556. The summed E-state index contributed by atoms with van der Waals surface area (Å²) in [7, 11) is 0. The highest BCUT2D eigenvalue weighted by atomic mass is 79.9. The van der Waals surface area contributed by atoms with Gasteiger partial charge in [-0.15, -0.1) is 0 Å². The molecule has 1 aliphatic heterocycles. The number of anilines is 1. The Morgan fingerprint density at radius 3 is 2.79 bits per heavy atom. The van der Waals surface area contributed by atoms with Crippen molar-refractivity contribution in [2.75, 3.05) is 17.9 Å². The van der Waals surface area contributed by atoms with E-state index in [0.29, 0.717) is 0 Å². The minimum atomic E-state index is -3.48. The fourth-order valence-corrected chi connectivity index (χ4v) is 1.09. The maximum absolute atomic E-state index is 7.97. The van der Waals surface area contributed by atoms with Gasteiger partial charge in [0.05, 0.1) is 4.47 Å². The summed E-state index contributed by atoms with van der Waals surface area (Å²) in [5.41, 5.74) is 0. The number of nitrogens with zero attached hydrogens (tertiary/aromatic N) is 3. The van der Waals surface area contributed by atoms with Gasteiger partial charge in [-0.25, -0.2) is 4.98 Å². The second-order valence-corrected chi connectivity index (χ2v) is 3.46. The second kappa shape index (κ2) is 4.45. The molecule has 2 heterocycles. The molecule has 1 aromatic rings. The average Bonchev–Trinajstić information content (AvgIpc) is 2.40. The lowest BCUT2D eigenvalue weighted by atomic mass is 10.1. The molecule has 0 aliphatic carbocycles. The molecule has 0 N–H and O–H groups in total. The molecule has 2 rings (SSSR count). The summed E-state index contributed by atoms with van der Waals surface area (Å²) < 4.78 is 78.8. The van der Waals surface area contributed by atoms with Crippen LogP contribution in [-0.2, 0) is 0 Å². The molecule has 5 heteroatoms. The van der Waals surface area contributed by atoms with Gasteiger partial charge >= 0.3 is 0 Å². The number of hydrogen-bond donors (Lipinski definition) is 0. The van der Waals surface area contributed by atoms with E-state index in [1.54, 1.807) is 0 Å². The summed E-state index contributed by atoms with van der Waals surface area (Å²) in [4.78, 5) is 7.40. The van der Waals surface area contributed by atoms with Crippen LogP contribution in [0.25, 0.3) is 0 Å². The molecule has 1 aromatic heterocycles. The third-order valence-electron chi connectivity index (χ3n) is 1.35. The van der Waals surface area contributed by atoms with Gasteiger partial charge in [0, 0.05) is 32.9 Å². The monoisotopic (exact) mass is 285 g/mol. The van der Waals surface area contributed by atoms with Crippen LogP contribution in [0, 0.1) is 0 Å². The van der Waals surface area contributed by atoms with Crippen LogP contribution >= 0.6 is 27.5 Å². The fourth-order valence-electron chi connectivity index (χ4n) is 0.772. The first kappa shape index (κ1) is 3.59. The normalized spacial score (nSPS) is 45.7. The van der Waals surface area contributed by atoms with Crippen molar-refractivity contribution in [3.05, 3.63) is 15.8 Å². The minimum Gasteiger partial charge on any atom is -0.341 e. The standard InChI is InChI=1S/C9H11BrClN3/c10-7-6-12-9(13-8(7)11)14-4-2-1-3-5-14/h6H,1-5H2/i1D2,2D2,3D2,4D2,5D2. The van der Waals surface area contributed by atoms with Crippen LogP contribution < -0.4 is 4.90 Å². The third kappa shape index (κ3) is 2.17. The van der Waals surface area contributed by atoms with Gasteiger partial charge in [0.15, 0.2) is 0 Å². The van der Waals surface area contributed by atoms with E-state index >= 15 is 0 Å². The van der Waals surface area contributed by atoms with Crippen LogP contribution in [-0.4, -0.2) is 23.0 Å². The van der Waals surface area contributed by atoms with Gasteiger partial charge in [0.2, 0.25) is 5.95 Å². The molecule has 0 spiro atoms. The molecule has 1 fully saturated rings. The van der Waals surface area contributed by atoms with Crippen LogP contribution in [0.5, 0.6) is 0 Å². The maximum Gasteiger partial charge on any atom is 0.226 e. The highest BCUT2D eigenvalue weighted by Crippen LogP contribution is 2.22. The summed E-state index contributed by atoms with van der Waals surface area (Å²) in [6.45, 7) is -6.63. The molecule has 0 unspecified atom stereocenters. The van der Waals surface area contributed by atoms with Gasteiger partial charge < -0.3 is 4.90 Å². The Kier molecular flexibility index (Phi) is 1.14. The van der Waals surface area contributed by atoms with Crippen LogP contribution in [0.2, 0.25) is 5.15 Å². The van der Waals surface area contributed by atoms with Crippen molar-refractivity contribution < 1.29 is 13.7 Å². The molecule has 0 aromatic carbocycles. The number of hydrogen-bond acceptors (Lipinski definition) is 3. The zero-order chi connectivity index (χ0) is 18.9. The van der Waals surface area contributed by atoms with Gasteiger partial charge in [-0.3, -0.25) is 0 Å². The summed E-state index contributed by atoms with van der Waals surface area (Å²) in [6, 6.07) is 0. The molecule has 1 aliphatic rings. The lowest BCUT2D eigenvalue weighted by Crippen LogP contribution is -2.30. The van der Waals surface area contributed by atoms with Crippen molar-refractivity contribution in [1.82, 2.24) is 9.97 Å².